The largest absolute Gasteiger partial charge is 0.463 e. The van der Waals surface area contributed by atoms with Crippen LogP contribution in [0.5, 0.6) is 0 Å². The van der Waals surface area contributed by atoms with Crippen LogP contribution in [0, 0.1) is 0 Å². The van der Waals surface area contributed by atoms with E-state index in [1.165, 1.54) is 26.0 Å². The van der Waals surface area contributed by atoms with Crippen molar-refractivity contribution < 1.29 is 128 Å². The van der Waals surface area contributed by atoms with E-state index in [9.17, 15) is 44.6 Å². The van der Waals surface area contributed by atoms with Crippen molar-refractivity contribution in [3.05, 3.63) is 211 Å². The summed E-state index contributed by atoms with van der Waals surface area (Å²) >= 11 is 3.55. The van der Waals surface area contributed by atoms with E-state index in [1.807, 2.05) is 101 Å². The predicted octanol–water partition coefficient (Wildman–Crippen LogP) is 15.2. The van der Waals surface area contributed by atoms with Crippen LogP contribution in [0.2, 0.25) is 36.3 Å². The molecule has 0 spiro atoms. The van der Waals surface area contributed by atoms with Gasteiger partial charge in [0.1, 0.15) is 110 Å². The third-order valence-corrected chi connectivity index (χ3v) is 32.5. The van der Waals surface area contributed by atoms with Crippen molar-refractivity contribution in [3.8, 4) is 0 Å². The Morgan fingerprint density at radius 3 is 1.24 bits per heavy atom. The minimum Gasteiger partial charge on any atom is -0.463 e. The molecule has 0 bridgehead atoms. The van der Waals surface area contributed by atoms with Crippen molar-refractivity contribution >= 4 is 90.7 Å². The minimum absolute atomic E-state index is 0.000755. The van der Waals surface area contributed by atoms with Gasteiger partial charge in [-0.25, -0.2) is 4.79 Å². The van der Waals surface area contributed by atoms with Crippen LogP contribution in [0.4, 0.5) is 0 Å². The van der Waals surface area contributed by atoms with Crippen LogP contribution in [-0.4, -0.2) is 213 Å². The highest BCUT2D eigenvalue weighted by molar-refractivity contribution is 9.10. The van der Waals surface area contributed by atoms with E-state index >= 15 is 4.79 Å². The highest BCUT2D eigenvalue weighted by atomic mass is 79.9. The van der Waals surface area contributed by atoms with Gasteiger partial charge in [-0.15, -0.1) is 0 Å². The van der Waals surface area contributed by atoms with Gasteiger partial charge < -0.3 is 99.0 Å². The van der Waals surface area contributed by atoms with Crippen molar-refractivity contribution in [1.29, 1.82) is 0 Å². The Morgan fingerprint density at radius 2 is 0.764 bits per heavy atom. The van der Waals surface area contributed by atoms with Gasteiger partial charge in [0.25, 0.3) is 0 Å². The number of benzene rings is 6. The molecule has 0 unspecified atom stereocenters. The maximum Gasteiger partial charge on any atom is 0.338 e. The standard InChI is InChI=1S/C91H115BrN6O27Si2/c1-54(99)35-43-71(104)120-80-74(96-98-94)87(124-77-67(50-107-56(3)101)118-88(115-58(5)103)83(121-72(105)44-36-55(2)100)81(77)111-46-59-27-19-16-20-28-59)117-70(53-114-127(14,15)91(9,10)11)76(80)125-89-84(122-85(106)64-32-23-18-24-33-64)82(112-47-60-29-21-17-22-30-60)78(68(119-89)51-108-57(4)102)123-86-73(95-97-93)79(110-48-61-38-41-66(92)42-39-61)75(69(116-86)52-113-126(12,13)90(6,7)8)109-49-62-37-40-63-31-25-26-34-65(63)45-62/h16-34,37-42,45,67-70,73-84,86-89H,35-36,43-44,46-53H2,1-15H3/t67-,68-,69-,70-,73-,74-,75-,76-,77-,78-,79-,80-,81+,82+,83-,84-,86-,87-,88+,89+/m1/s1. The Kier molecular flexibility index (Phi) is 36.4. The number of nitrogens with zero attached hydrogens (tertiary/aromatic N) is 6. The SMILES string of the molecule is CC(=O)CCC(=O)O[C@@H]1[C@@H](N=[N+]=[N-])[C@@H](O[C@H]2[C@H](OCc3ccccc3)[C@@H](OC(=O)CCC(C)=O)[C@@H](OC(C)=O)O[C@@H]2COC(C)=O)O[C@H](CO[Si](C)(C)C(C)(C)C)[C@H]1O[C@@H]1O[C@H](COC(C)=O)[C@@H](O[C@H]2O[C@H](CO[Si](C)(C)C(C)(C)C)[C@@H](OCc3ccc4ccccc4c3)[C@H](OCc3ccc(Br)cc3)[C@H]2N=[N+]=[N-])[C@H](OCc2ccccc2)[C@H]1OC(=O)c1ccccc1. The van der Waals surface area contributed by atoms with Crippen molar-refractivity contribution in [3.63, 3.8) is 0 Å². The number of halogens is 1. The second kappa shape index (κ2) is 46.3. The molecule has 0 aromatic heterocycles. The smallest absolute Gasteiger partial charge is 0.338 e. The molecular formula is C91H115BrN6O27Si2. The van der Waals surface area contributed by atoms with Gasteiger partial charge >= 0.3 is 35.8 Å². The van der Waals surface area contributed by atoms with Crippen LogP contribution < -0.4 is 0 Å². The average molecular weight is 1860 g/mol. The van der Waals surface area contributed by atoms with Gasteiger partial charge in [-0.2, -0.15) is 0 Å². The molecule has 6 aromatic carbocycles. The molecule has 10 rings (SSSR count). The molecular weight excluding hydrogens is 1750 g/mol. The number of ketones is 2. The van der Waals surface area contributed by atoms with Crippen LogP contribution in [-0.2, 0) is 149 Å². The van der Waals surface area contributed by atoms with Gasteiger partial charge in [0.05, 0.1) is 58.0 Å². The lowest BCUT2D eigenvalue weighted by molar-refractivity contribution is -0.378. The van der Waals surface area contributed by atoms with Crippen LogP contribution in [0.3, 0.4) is 0 Å². The predicted molar refractivity (Wildman–Crippen MR) is 467 cm³/mol. The highest BCUT2D eigenvalue weighted by Crippen LogP contribution is 2.44. The van der Waals surface area contributed by atoms with E-state index in [2.05, 4.69) is 69.8 Å². The normalized spacial score (nSPS) is 26.3. The lowest BCUT2D eigenvalue weighted by atomic mass is 9.94. The van der Waals surface area contributed by atoms with Crippen LogP contribution in [0.1, 0.15) is 134 Å². The second-order valence-corrected chi connectivity index (χ2v) is 45.2. The Bertz CT molecular complexity index is 4770. The number of azide groups is 2. The summed E-state index contributed by atoms with van der Waals surface area (Å²) < 4.78 is 130. The number of carbonyl (C=O) groups is 8. The quantitative estimate of drug-likeness (QED) is 0.00859. The Hall–Kier alpha value is -9.25. The molecule has 0 radical (unpaired) electrons. The molecule has 4 fully saturated rings. The van der Waals surface area contributed by atoms with E-state index in [0.29, 0.717) is 16.7 Å². The fourth-order valence-electron chi connectivity index (χ4n) is 14.1. The number of fused-ring (bicyclic) bond motifs is 1. The van der Waals surface area contributed by atoms with Crippen LogP contribution >= 0.6 is 15.9 Å². The number of hydrogen-bond donors (Lipinski definition) is 0. The first-order valence-electron chi connectivity index (χ1n) is 42.2. The van der Waals surface area contributed by atoms with Gasteiger partial charge in [0.2, 0.25) is 6.29 Å². The molecule has 33 nitrogen and oxygen atoms in total. The first-order valence-corrected chi connectivity index (χ1v) is 48.8. The maximum atomic E-state index is 15.5. The molecule has 4 saturated heterocycles. The van der Waals surface area contributed by atoms with Crippen molar-refractivity contribution in [1.82, 2.24) is 0 Å². The zero-order valence-electron chi connectivity index (χ0n) is 74.1. The zero-order valence-corrected chi connectivity index (χ0v) is 77.7. The number of esters is 6. The second-order valence-electron chi connectivity index (χ2n) is 34.7. The zero-order chi connectivity index (χ0) is 91.9. The van der Waals surface area contributed by atoms with E-state index in [1.54, 1.807) is 78.9 Å². The molecule has 686 valence electrons. The molecule has 6 aromatic rings. The third-order valence-electron chi connectivity index (χ3n) is 23.0. The third kappa shape index (κ3) is 28.4. The lowest BCUT2D eigenvalue weighted by Gasteiger charge is -2.52. The maximum absolute atomic E-state index is 15.5. The first kappa shape index (κ1) is 99.9. The van der Waals surface area contributed by atoms with Crippen molar-refractivity contribution in [2.75, 3.05) is 26.4 Å². The Labute approximate surface area is 749 Å². The molecule has 0 saturated carbocycles. The molecule has 20 atom stereocenters. The number of hydrogen-bond acceptors (Lipinski definition) is 29. The topological polar surface area (TPSA) is 409 Å². The van der Waals surface area contributed by atoms with E-state index in [4.69, 9.17) is 89.4 Å². The molecule has 4 heterocycles. The van der Waals surface area contributed by atoms with Gasteiger partial charge in [0.15, 0.2) is 47.7 Å². The van der Waals surface area contributed by atoms with Crippen molar-refractivity contribution in [2.24, 2.45) is 10.2 Å². The first-order chi connectivity index (χ1) is 60.4. The number of rotatable bonds is 41. The summed E-state index contributed by atoms with van der Waals surface area (Å²) in [7, 11) is -5.76. The van der Waals surface area contributed by atoms with Gasteiger partial charge in [-0.3, -0.25) is 24.0 Å². The summed E-state index contributed by atoms with van der Waals surface area (Å²) in [6.07, 6.45) is -32.1. The molecule has 127 heavy (non-hydrogen) atoms. The fraction of sp³-hybridized carbons (Fsp3) is 0.538. The number of Topliss-reactive ketones (excluding diaryl/α,β-unsaturated/α-hetero) is 2. The average Bonchev–Trinajstić information content (AvgIpc) is 0.766. The van der Waals surface area contributed by atoms with Gasteiger partial charge in [0, 0.05) is 47.9 Å². The van der Waals surface area contributed by atoms with Crippen molar-refractivity contribution in [2.45, 2.75) is 287 Å². The van der Waals surface area contributed by atoms with Gasteiger partial charge in [-0.1, -0.05) is 195 Å². The molecule has 36 heteroatoms. The van der Waals surface area contributed by atoms with Crippen LogP contribution in [0.25, 0.3) is 31.7 Å². The molecule has 0 N–H and O–H groups in total. The van der Waals surface area contributed by atoms with E-state index in [-0.39, 0.29) is 62.3 Å². The summed E-state index contributed by atoms with van der Waals surface area (Å²) in [5, 5.41) is 9.76. The van der Waals surface area contributed by atoms with Crippen LogP contribution in [0.15, 0.2) is 172 Å². The summed E-state index contributed by atoms with van der Waals surface area (Å²) in [4.78, 5) is 116. The lowest BCUT2D eigenvalue weighted by Crippen LogP contribution is -2.69. The van der Waals surface area contributed by atoms with E-state index < -0.39 is 219 Å². The highest BCUT2D eigenvalue weighted by Gasteiger charge is 2.61. The number of carbonyl (C=O) groups excluding carboxylic acids is 8. The minimum atomic E-state index is -3.04. The van der Waals surface area contributed by atoms with Gasteiger partial charge in [-0.05, 0) is 125 Å². The van der Waals surface area contributed by atoms with E-state index in [0.717, 1.165) is 41.6 Å². The Morgan fingerprint density at radius 1 is 0.386 bits per heavy atom. The number of ether oxygens (including phenoxy) is 17. The Balaban J connectivity index is 1.16. The summed E-state index contributed by atoms with van der Waals surface area (Å²) in [6.45, 7) is 23.4. The molecule has 0 amide bonds. The summed E-state index contributed by atoms with van der Waals surface area (Å²) in [5.74, 6) is -6.36. The molecule has 4 aliphatic heterocycles. The monoisotopic (exact) mass is 1860 g/mol. The molecule has 4 aliphatic rings. The fourth-order valence-corrected chi connectivity index (χ4v) is 16.4. The summed E-state index contributed by atoms with van der Waals surface area (Å²) in [6, 6.07) is 43.2. The summed E-state index contributed by atoms with van der Waals surface area (Å²) in [5.41, 5.74) is 24.6. The molecule has 0 aliphatic carbocycles.